The predicted molar refractivity (Wildman–Crippen MR) is 85.2 cm³/mol. The summed E-state index contributed by atoms with van der Waals surface area (Å²) in [7, 11) is 1.79. The zero-order chi connectivity index (χ0) is 14.4. The Morgan fingerprint density at radius 3 is 2.55 bits per heavy atom. The van der Waals surface area contributed by atoms with Gasteiger partial charge in [-0.05, 0) is 38.4 Å². The molecular formula is C14H26N4OS. The van der Waals surface area contributed by atoms with E-state index in [2.05, 4.69) is 27.2 Å². The molecule has 2 aliphatic rings. The van der Waals surface area contributed by atoms with E-state index < -0.39 is 0 Å². The molecule has 0 aliphatic heterocycles. The third kappa shape index (κ3) is 4.89. The zero-order valence-electron chi connectivity index (χ0n) is 12.4. The Labute approximate surface area is 125 Å². The number of carbonyl (C=O) groups is 1. The van der Waals surface area contributed by atoms with E-state index in [9.17, 15) is 4.79 Å². The molecule has 0 heterocycles. The lowest BCUT2D eigenvalue weighted by Gasteiger charge is -2.17. The minimum atomic E-state index is 0.202. The van der Waals surface area contributed by atoms with Crippen molar-refractivity contribution in [3.8, 4) is 0 Å². The van der Waals surface area contributed by atoms with Crippen LogP contribution in [0, 0.1) is 5.92 Å². The Bertz CT molecular complexity index is 357. The van der Waals surface area contributed by atoms with Crippen LogP contribution in [-0.2, 0) is 4.79 Å². The summed E-state index contributed by atoms with van der Waals surface area (Å²) < 4.78 is 0. The number of thioether (sulfide) groups is 1. The zero-order valence-corrected chi connectivity index (χ0v) is 13.3. The van der Waals surface area contributed by atoms with E-state index in [4.69, 9.17) is 0 Å². The second-order valence-electron chi connectivity index (χ2n) is 5.58. The number of amides is 1. The smallest absolute Gasteiger partial charge is 0.223 e. The third-order valence-corrected chi connectivity index (χ3v) is 5.04. The van der Waals surface area contributed by atoms with Crippen molar-refractivity contribution in [1.29, 1.82) is 0 Å². The molecule has 3 N–H and O–H groups in total. The van der Waals surface area contributed by atoms with Gasteiger partial charge in [0, 0.05) is 37.3 Å². The van der Waals surface area contributed by atoms with Gasteiger partial charge in [0.25, 0.3) is 0 Å². The molecule has 2 fully saturated rings. The van der Waals surface area contributed by atoms with Crippen LogP contribution < -0.4 is 16.0 Å². The van der Waals surface area contributed by atoms with Gasteiger partial charge in [-0.1, -0.05) is 0 Å². The topological polar surface area (TPSA) is 65.5 Å². The molecule has 114 valence electrons. The summed E-state index contributed by atoms with van der Waals surface area (Å²) in [5.74, 6) is 1.33. The first kappa shape index (κ1) is 15.5. The Balaban J connectivity index is 1.59. The molecule has 6 heteroatoms. The monoisotopic (exact) mass is 298 g/mol. The fraction of sp³-hybridized carbons (Fsp3) is 0.857. The summed E-state index contributed by atoms with van der Waals surface area (Å²) in [4.78, 5) is 15.7. The lowest BCUT2D eigenvalue weighted by atomic mass is 10.2. The molecule has 0 aromatic heterocycles. The van der Waals surface area contributed by atoms with E-state index in [0.29, 0.717) is 12.6 Å². The van der Waals surface area contributed by atoms with Gasteiger partial charge in [0.2, 0.25) is 5.91 Å². The van der Waals surface area contributed by atoms with Gasteiger partial charge in [-0.2, -0.15) is 11.8 Å². The van der Waals surface area contributed by atoms with Crippen LogP contribution in [0.15, 0.2) is 4.99 Å². The summed E-state index contributed by atoms with van der Waals surface area (Å²) in [5.41, 5.74) is 0. The van der Waals surface area contributed by atoms with Crippen LogP contribution in [0.2, 0.25) is 0 Å². The SMILES string of the molecule is CN=C(NCCNC(=O)C1CC1)NC1CCC(SC)C1. The van der Waals surface area contributed by atoms with Crippen molar-refractivity contribution in [2.45, 2.75) is 43.4 Å². The van der Waals surface area contributed by atoms with E-state index in [1.54, 1.807) is 7.05 Å². The molecule has 0 radical (unpaired) electrons. The predicted octanol–water partition coefficient (Wildman–Crippen LogP) is 0.962. The van der Waals surface area contributed by atoms with Crippen molar-refractivity contribution in [1.82, 2.24) is 16.0 Å². The van der Waals surface area contributed by atoms with E-state index in [1.165, 1.54) is 19.3 Å². The van der Waals surface area contributed by atoms with Gasteiger partial charge in [0.15, 0.2) is 5.96 Å². The molecule has 2 saturated carbocycles. The van der Waals surface area contributed by atoms with Crippen LogP contribution in [0.5, 0.6) is 0 Å². The third-order valence-electron chi connectivity index (χ3n) is 3.95. The van der Waals surface area contributed by atoms with Crippen LogP contribution in [0.1, 0.15) is 32.1 Å². The number of nitrogens with zero attached hydrogens (tertiary/aromatic N) is 1. The lowest BCUT2D eigenvalue weighted by molar-refractivity contribution is -0.122. The summed E-state index contributed by atoms with van der Waals surface area (Å²) in [6.07, 6.45) is 8.00. The fourth-order valence-electron chi connectivity index (χ4n) is 2.53. The van der Waals surface area contributed by atoms with Crippen molar-refractivity contribution in [3.05, 3.63) is 0 Å². The van der Waals surface area contributed by atoms with Gasteiger partial charge in [0.05, 0.1) is 0 Å². The van der Waals surface area contributed by atoms with Crippen LogP contribution in [0.3, 0.4) is 0 Å². The molecule has 0 spiro atoms. The van der Waals surface area contributed by atoms with Crippen LogP contribution in [0.25, 0.3) is 0 Å². The average Bonchev–Trinajstić information content (AvgIpc) is 3.22. The number of hydrogen-bond donors (Lipinski definition) is 3. The van der Waals surface area contributed by atoms with Crippen molar-refractivity contribution < 1.29 is 4.79 Å². The van der Waals surface area contributed by atoms with Gasteiger partial charge in [-0.3, -0.25) is 9.79 Å². The molecule has 1 amide bonds. The first-order chi connectivity index (χ1) is 9.72. The number of guanidine groups is 1. The molecule has 2 unspecified atom stereocenters. The van der Waals surface area contributed by atoms with Crippen molar-refractivity contribution >= 4 is 23.6 Å². The number of nitrogens with one attached hydrogen (secondary N) is 3. The highest BCUT2D eigenvalue weighted by Gasteiger charge is 2.29. The molecule has 0 saturated heterocycles. The van der Waals surface area contributed by atoms with Gasteiger partial charge in [-0.25, -0.2) is 0 Å². The van der Waals surface area contributed by atoms with Crippen molar-refractivity contribution in [3.63, 3.8) is 0 Å². The quantitative estimate of drug-likeness (QED) is 0.388. The summed E-state index contributed by atoms with van der Waals surface area (Å²) in [5, 5.41) is 10.5. The van der Waals surface area contributed by atoms with Gasteiger partial charge < -0.3 is 16.0 Å². The Hall–Kier alpha value is -0.910. The molecular weight excluding hydrogens is 272 g/mol. The Morgan fingerprint density at radius 1 is 1.20 bits per heavy atom. The standard InChI is InChI=1S/C14H26N4OS/c1-15-14(18-11-5-6-12(9-11)20-2)17-8-7-16-13(19)10-3-4-10/h10-12H,3-9H2,1-2H3,(H,16,19)(H2,15,17,18). The second kappa shape index (κ2) is 7.76. The number of carbonyl (C=O) groups excluding carboxylic acids is 1. The highest BCUT2D eigenvalue weighted by atomic mass is 32.2. The summed E-state index contributed by atoms with van der Waals surface area (Å²) in [6.45, 7) is 1.38. The van der Waals surface area contributed by atoms with E-state index in [1.807, 2.05) is 11.8 Å². The minimum Gasteiger partial charge on any atom is -0.355 e. The highest BCUT2D eigenvalue weighted by Crippen LogP contribution is 2.28. The second-order valence-corrected chi connectivity index (χ2v) is 6.71. The molecule has 5 nitrogen and oxygen atoms in total. The van der Waals surface area contributed by atoms with Gasteiger partial charge in [0.1, 0.15) is 0 Å². The van der Waals surface area contributed by atoms with Gasteiger partial charge >= 0.3 is 0 Å². The van der Waals surface area contributed by atoms with E-state index in [0.717, 1.165) is 30.6 Å². The molecule has 2 aliphatic carbocycles. The lowest BCUT2D eigenvalue weighted by Crippen LogP contribution is -2.45. The summed E-state index contributed by atoms with van der Waals surface area (Å²) >= 11 is 1.96. The molecule has 0 aromatic carbocycles. The Kier molecular flexibility index (Phi) is 6.01. The van der Waals surface area contributed by atoms with Crippen LogP contribution in [-0.4, -0.2) is 49.6 Å². The molecule has 20 heavy (non-hydrogen) atoms. The van der Waals surface area contributed by atoms with Crippen molar-refractivity contribution in [2.75, 3.05) is 26.4 Å². The normalized spacial score (nSPS) is 26.4. The first-order valence-corrected chi connectivity index (χ1v) is 8.79. The molecule has 2 rings (SSSR count). The largest absolute Gasteiger partial charge is 0.355 e. The van der Waals surface area contributed by atoms with E-state index >= 15 is 0 Å². The number of aliphatic imine (C=N–C) groups is 1. The van der Waals surface area contributed by atoms with Crippen molar-refractivity contribution in [2.24, 2.45) is 10.9 Å². The minimum absolute atomic E-state index is 0.202. The molecule has 0 aromatic rings. The maximum atomic E-state index is 11.5. The van der Waals surface area contributed by atoms with E-state index in [-0.39, 0.29) is 11.8 Å². The molecule has 2 atom stereocenters. The highest BCUT2D eigenvalue weighted by molar-refractivity contribution is 7.99. The summed E-state index contributed by atoms with van der Waals surface area (Å²) in [6, 6.07) is 0.528. The van der Waals surface area contributed by atoms with Crippen LogP contribution >= 0.6 is 11.8 Å². The molecule has 0 bridgehead atoms. The van der Waals surface area contributed by atoms with Crippen LogP contribution in [0.4, 0.5) is 0 Å². The van der Waals surface area contributed by atoms with Gasteiger partial charge in [-0.15, -0.1) is 0 Å². The first-order valence-electron chi connectivity index (χ1n) is 7.50. The number of hydrogen-bond acceptors (Lipinski definition) is 3. The average molecular weight is 298 g/mol. The maximum Gasteiger partial charge on any atom is 0.223 e. The Morgan fingerprint density at radius 2 is 1.95 bits per heavy atom. The fourth-order valence-corrected chi connectivity index (χ4v) is 3.33. The maximum absolute atomic E-state index is 11.5. The number of rotatable bonds is 6.